The van der Waals surface area contributed by atoms with E-state index >= 15 is 0 Å². The highest BCUT2D eigenvalue weighted by molar-refractivity contribution is 5.86. The Bertz CT molecular complexity index is 448. The molecule has 1 saturated carbocycles. The Balaban J connectivity index is 1.45. The minimum atomic E-state index is -0.635. The summed E-state index contributed by atoms with van der Waals surface area (Å²) in [7, 11) is 0. The average molecular weight is 336 g/mol. The predicted octanol–water partition coefficient (Wildman–Crippen LogP) is 0.805. The van der Waals surface area contributed by atoms with Gasteiger partial charge in [-0.1, -0.05) is 19.3 Å². The van der Waals surface area contributed by atoms with E-state index in [2.05, 4.69) is 4.90 Å². The van der Waals surface area contributed by atoms with Crippen molar-refractivity contribution in [1.29, 1.82) is 0 Å². The molecule has 1 aliphatic carbocycles. The van der Waals surface area contributed by atoms with Gasteiger partial charge in [-0.15, -0.1) is 0 Å². The van der Waals surface area contributed by atoms with E-state index < -0.39 is 5.54 Å². The van der Waals surface area contributed by atoms with E-state index in [-0.39, 0.29) is 11.8 Å². The minimum Gasteiger partial charge on any atom is -0.342 e. The van der Waals surface area contributed by atoms with Crippen molar-refractivity contribution in [2.24, 2.45) is 5.73 Å². The summed E-state index contributed by atoms with van der Waals surface area (Å²) < 4.78 is 0. The number of likely N-dealkylation sites (tertiary alicyclic amines) is 1. The highest BCUT2D eigenvalue weighted by Crippen LogP contribution is 2.28. The van der Waals surface area contributed by atoms with Crippen molar-refractivity contribution in [1.82, 2.24) is 14.7 Å². The summed E-state index contributed by atoms with van der Waals surface area (Å²) in [4.78, 5) is 31.2. The van der Waals surface area contributed by atoms with E-state index in [9.17, 15) is 9.59 Å². The van der Waals surface area contributed by atoms with Gasteiger partial charge in [-0.3, -0.25) is 14.5 Å². The van der Waals surface area contributed by atoms with Crippen LogP contribution in [0.5, 0.6) is 0 Å². The number of hydrogen-bond donors (Lipinski definition) is 1. The SMILES string of the molecule is NC1(C(=O)N2CCN(CC(=O)N3CCCCC3)CC2)CCCCC1. The van der Waals surface area contributed by atoms with Crippen LogP contribution in [-0.2, 0) is 9.59 Å². The van der Waals surface area contributed by atoms with E-state index in [1.165, 1.54) is 12.8 Å². The lowest BCUT2D eigenvalue weighted by Crippen LogP contribution is -2.60. The molecule has 136 valence electrons. The van der Waals surface area contributed by atoms with Crippen molar-refractivity contribution in [3.63, 3.8) is 0 Å². The second-order valence-corrected chi connectivity index (χ2v) is 7.73. The molecule has 3 aliphatic rings. The number of nitrogens with two attached hydrogens (primary N) is 1. The first kappa shape index (κ1) is 17.7. The molecule has 2 N–H and O–H groups in total. The van der Waals surface area contributed by atoms with Crippen LogP contribution in [0.3, 0.4) is 0 Å². The number of piperazine rings is 1. The number of amides is 2. The number of nitrogens with zero attached hydrogens (tertiary/aromatic N) is 3. The van der Waals surface area contributed by atoms with Gasteiger partial charge < -0.3 is 15.5 Å². The quantitative estimate of drug-likeness (QED) is 0.828. The third-order valence-electron chi connectivity index (χ3n) is 5.90. The number of hydrogen-bond acceptors (Lipinski definition) is 4. The molecule has 6 heteroatoms. The van der Waals surface area contributed by atoms with Gasteiger partial charge in [0.15, 0.2) is 0 Å². The molecule has 0 unspecified atom stereocenters. The fraction of sp³-hybridized carbons (Fsp3) is 0.889. The summed E-state index contributed by atoms with van der Waals surface area (Å²) in [6.07, 6.45) is 8.46. The molecular formula is C18H32N4O2. The van der Waals surface area contributed by atoms with Crippen molar-refractivity contribution in [3.8, 4) is 0 Å². The second-order valence-electron chi connectivity index (χ2n) is 7.73. The van der Waals surface area contributed by atoms with Crippen LogP contribution in [-0.4, -0.2) is 77.9 Å². The number of carbonyl (C=O) groups is 2. The monoisotopic (exact) mass is 336 g/mol. The van der Waals surface area contributed by atoms with Gasteiger partial charge in [0.1, 0.15) is 0 Å². The second kappa shape index (κ2) is 7.83. The normalized spacial score (nSPS) is 25.5. The van der Waals surface area contributed by atoms with Crippen LogP contribution in [0.2, 0.25) is 0 Å². The number of rotatable bonds is 3. The Morgan fingerprint density at radius 3 is 1.96 bits per heavy atom. The summed E-state index contributed by atoms with van der Waals surface area (Å²) >= 11 is 0. The number of piperidine rings is 1. The minimum absolute atomic E-state index is 0.129. The highest BCUT2D eigenvalue weighted by Gasteiger charge is 2.39. The molecule has 6 nitrogen and oxygen atoms in total. The van der Waals surface area contributed by atoms with E-state index in [1.54, 1.807) is 0 Å². The van der Waals surface area contributed by atoms with Crippen LogP contribution in [0.4, 0.5) is 0 Å². The van der Waals surface area contributed by atoms with Crippen LogP contribution in [0.1, 0.15) is 51.4 Å². The molecule has 0 radical (unpaired) electrons. The Morgan fingerprint density at radius 2 is 1.33 bits per heavy atom. The molecule has 2 amide bonds. The average Bonchev–Trinajstić information content (AvgIpc) is 2.63. The Kier molecular flexibility index (Phi) is 5.76. The maximum absolute atomic E-state index is 12.8. The molecule has 0 aromatic carbocycles. The lowest BCUT2D eigenvalue weighted by molar-refractivity contribution is -0.140. The molecule has 0 atom stereocenters. The van der Waals surface area contributed by atoms with E-state index in [1.807, 2.05) is 9.80 Å². The lowest BCUT2D eigenvalue weighted by Gasteiger charge is -2.41. The van der Waals surface area contributed by atoms with Gasteiger partial charge in [-0.05, 0) is 32.1 Å². The van der Waals surface area contributed by atoms with Gasteiger partial charge in [0, 0.05) is 39.3 Å². The predicted molar refractivity (Wildman–Crippen MR) is 93.5 cm³/mol. The summed E-state index contributed by atoms with van der Waals surface area (Å²) in [5.41, 5.74) is 5.75. The smallest absolute Gasteiger partial charge is 0.242 e. The first-order chi connectivity index (χ1) is 11.6. The molecule has 0 spiro atoms. The fourth-order valence-corrected chi connectivity index (χ4v) is 4.26. The summed E-state index contributed by atoms with van der Waals surface area (Å²) in [6.45, 7) is 5.27. The largest absolute Gasteiger partial charge is 0.342 e. The van der Waals surface area contributed by atoms with Crippen molar-refractivity contribution >= 4 is 11.8 Å². The van der Waals surface area contributed by atoms with Gasteiger partial charge in [0.25, 0.3) is 0 Å². The molecule has 0 aromatic rings. The van der Waals surface area contributed by atoms with Crippen LogP contribution in [0, 0.1) is 0 Å². The zero-order valence-electron chi connectivity index (χ0n) is 14.8. The van der Waals surface area contributed by atoms with Crippen molar-refractivity contribution in [2.45, 2.75) is 56.9 Å². The Labute approximate surface area is 145 Å². The maximum atomic E-state index is 12.8. The van der Waals surface area contributed by atoms with E-state index in [0.29, 0.717) is 19.6 Å². The maximum Gasteiger partial charge on any atom is 0.242 e. The van der Waals surface area contributed by atoms with E-state index in [4.69, 9.17) is 5.73 Å². The summed E-state index contributed by atoms with van der Waals surface area (Å²) in [5, 5.41) is 0. The molecule has 24 heavy (non-hydrogen) atoms. The molecule has 2 saturated heterocycles. The molecular weight excluding hydrogens is 304 g/mol. The van der Waals surface area contributed by atoms with Crippen LogP contribution in [0.25, 0.3) is 0 Å². The first-order valence-corrected chi connectivity index (χ1v) is 9.67. The lowest BCUT2D eigenvalue weighted by atomic mass is 9.81. The summed E-state index contributed by atoms with van der Waals surface area (Å²) in [5.74, 6) is 0.376. The van der Waals surface area contributed by atoms with Crippen LogP contribution < -0.4 is 5.73 Å². The van der Waals surface area contributed by atoms with Crippen LogP contribution in [0.15, 0.2) is 0 Å². The van der Waals surface area contributed by atoms with Crippen molar-refractivity contribution in [3.05, 3.63) is 0 Å². The van der Waals surface area contributed by atoms with Gasteiger partial charge in [0.2, 0.25) is 11.8 Å². The first-order valence-electron chi connectivity index (χ1n) is 9.67. The van der Waals surface area contributed by atoms with E-state index in [0.717, 1.165) is 64.7 Å². The number of carbonyl (C=O) groups excluding carboxylic acids is 2. The summed E-state index contributed by atoms with van der Waals surface area (Å²) in [6, 6.07) is 0. The van der Waals surface area contributed by atoms with Crippen molar-refractivity contribution in [2.75, 3.05) is 45.8 Å². The zero-order chi connectivity index (χ0) is 17.0. The van der Waals surface area contributed by atoms with Crippen LogP contribution >= 0.6 is 0 Å². The fourth-order valence-electron chi connectivity index (χ4n) is 4.26. The van der Waals surface area contributed by atoms with Gasteiger partial charge in [0.05, 0.1) is 12.1 Å². The topological polar surface area (TPSA) is 69.9 Å². The molecule has 3 fully saturated rings. The molecule has 0 bridgehead atoms. The highest BCUT2D eigenvalue weighted by atomic mass is 16.2. The molecule has 2 heterocycles. The standard InChI is InChI=1S/C18H32N4O2/c19-18(7-3-1-4-8-18)17(24)22-13-11-20(12-14-22)15-16(23)21-9-5-2-6-10-21/h1-15,19H2. The Hall–Kier alpha value is -1.14. The molecule has 3 rings (SSSR count). The Morgan fingerprint density at radius 1 is 0.750 bits per heavy atom. The van der Waals surface area contributed by atoms with Crippen molar-refractivity contribution < 1.29 is 9.59 Å². The molecule has 2 aliphatic heterocycles. The molecule has 0 aromatic heterocycles. The van der Waals surface area contributed by atoms with Gasteiger partial charge in [-0.2, -0.15) is 0 Å². The third kappa shape index (κ3) is 4.09. The van der Waals surface area contributed by atoms with Gasteiger partial charge in [-0.25, -0.2) is 0 Å². The zero-order valence-corrected chi connectivity index (χ0v) is 14.8. The van der Waals surface area contributed by atoms with Gasteiger partial charge >= 0.3 is 0 Å². The third-order valence-corrected chi connectivity index (χ3v) is 5.90.